The fourth-order valence-electron chi connectivity index (χ4n) is 1.49. The summed E-state index contributed by atoms with van der Waals surface area (Å²) in [5.41, 5.74) is 6.03. The lowest BCUT2D eigenvalue weighted by Gasteiger charge is -1.97. The minimum Gasteiger partial charge on any atom is -0.261 e. The normalized spacial score (nSPS) is 9.61. The van der Waals surface area contributed by atoms with Gasteiger partial charge in [-0.05, 0) is 56.9 Å². The second-order valence-electron chi connectivity index (χ2n) is 4.60. The number of aryl methyl sites for hydroxylation is 5. The van der Waals surface area contributed by atoms with Gasteiger partial charge in [0.25, 0.3) is 0 Å². The number of hydrogen-bond acceptors (Lipinski definition) is 2. The van der Waals surface area contributed by atoms with Gasteiger partial charge in [0.2, 0.25) is 0 Å². The van der Waals surface area contributed by atoms with Crippen LogP contribution in [0.5, 0.6) is 0 Å². The van der Waals surface area contributed by atoms with Gasteiger partial charge < -0.3 is 0 Å². The highest BCUT2D eigenvalue weighted by Gasteiger charge is 1.90. The summed E-state index contributed by atoms with van der Waals surface area (Å²) in [6.45, 7) is 10.3. The minimum atomic E-state index is 1.03. The molecule has 0 atom stereocenters. The topological polar surface area (TPSA) is 25.8 Å². The number of rotatable bonds is 1. The molecule has 96 valence electrons. The fraction of sp³-hybridized carbons (Fsp3) is 0.375. The van der Waals surface area contributed by atoms with E-state index in [1.54, 1.807) is 0 Å². The van der Waals surface area contributed by atoms with Crippen molar-refractivity contribution in [3.8, 4) is 0 Å². The smallest absolute Gasteiger partial charge is 0.0401 e. The first kappa shape index (κ1) is 14.4. The van der Waals surface area contributed by atoms with Crippen molar-refractivity contribution in [2.75, 3.05) is 0 Å². The molecule has 0 aliphatic carbocycles. The Bertz CT molecular complexity index is 487. The molecule has 0 spiro atoms. The molecule has 0 N–H and O–H groups in total. The van der Waals surface area contributed by atoms with Crippen molar-refractivity contribution >= 4 is 0 Å². The zero-order valence-corrected chi connectivity index (χ0v) is 12.0. The second-order valence-corrected chi connectivity index (χ2v) is 4.60. The lowest BCUT2D eigenvalue weighted by atomic mass is 10.2. The molecule has 0 unspecified atom stereocenters. The summed E-state index contributed by atoms with van der Waals surface area (Å²) in [5, 5.41) is 0. The summed E-state index contributed by atoms with van der Waals surface area (Å²) in [4.78, 5) is 8.38. The third-order valence-corrected chi connectivity index (χ3v) is 2.81. The maximum absolute atomic E-state index is 4.20. The van der Waals surface area contributed by atoms with E-state index in [0.29, 0.717) is 0 Å². The summed E-state index contributed by atoms with van der Waals surface area (Å²) < 4.78 is 0. The summed E-state index contributed by atoms with van der Waals surface area (Å²) >= 11 is 0. The van der Waals surface area contributed by atoms with Gasteiger partial charge in [-0.2, -0.15) is 0 Å². The zero-order valence-electron chi connectivity index (χ0n) is 12.0. The average Bonchev–Trinajstić information content (AvgIpc) is 2.36. The minimum absolute atomic E-state index is 1.03. The monoisotopic (exact) mass is 242 g/mol. The highest BCUT2D eigenvalue weighted by Crippen LogP contribution is 2.03. The Balaban J connectivity index is 0.000000180. The van der Waals surface area contributed by atoms with Crippen LogP contribution in [0.4, 0.5) is 0 Å². The Labute approximate surface area is 110 Å². The van der Waals surface area contributed by atoms with Crippen molar-refractivity contribution < 1.29 is 0 Å². The van der Waals surface area contributed by atoms with Crippen molar-refractivity contribution in [1.82, 2.24) is 9.97 Å². The molecule has 0 aliphatic heterocycles. The van der Waals surface area contributed by atoms with Crippen LogP contribution in [0.1, 0.15) is 35.0 Å². The van der Waals surface area contributed by atoms with Crippen LogP contribution in [0.3, 0.4) is 0 Å². The Morgan fingerprint density at radius 2 is 1.56 bits per heavy atom. The molecular weight excluding hydrogens is 220 g/mol. The van der Waals surface area contributed by atoms with Crippen LogP contribution in [0.15, 0.2) is 30.6 Å². The first-order valence-electron chi connectivity index (χ1n) is 6.34. The van der Waals surface area contributed by atoms with Gasteiger partial charge in [-0.25, -0.2) is 0 Å². The molecule has 2 aromatic rings. The average molecular weight is 242 g/mol. The molecule has 0 radical (unpaired) electrons. The summed E-state index contributed by atoms with van der Waals surface area (Å²) in [6, 6.07) is 6.30. The van der Waals surface area contributed by atoms with Crippen LogP contribution < -0.4 is 0 Å². The molecule has 2 heteroatoms. The molecule has 0 amide bonds. The number of hydrogen-bond donors (Lipinski definition) is 0. The predicted octanol–water partition coefficient (Wildman–Crippen LogP) is 3.96. The first-order chi connectivity index (χ1) is 8.52. The van der Waals surface area contributed by atoms with Crippen molar-refractivity contribution in [3.05, 3.63) is 58.7 Å². The van der Waals surface area contributed by atoms with Gasteiger partial charge in [-0.1, -0.05) is 19.1 Å². The van der Waals surface area contributed by atoms with Gasteiger partial charge in [0.15, 0.2) is 0 Å². The van der Waals surface area contributed by atoms with Crippen LogP contribution in [0.25, 0.3) is 0 Å². The molecule has 2 rings (SSSR count). The van der Waals surface area contributed by atoms with Crippen molar-refractivity contribution in [1.29, 1.82) is 0 Å². The maximum Gasteiger partial charge on any atom is 0.0401 e. The van der Waals surface area contributed by atoms with Gasteiger partial charge >= 0.3 is 0 Å². The van der Waals surface area contributed by atoms with E-state index in [1.807, 2.05) is 26.2 Å². The molecule has 0 saturated carbocycles. The lowest BCUT2D eigenvalue weighted by Crippen LogP contribution is -1.85. The Hall–Kier alpha value is -1.70. The van der Waals surface area contributed by atoms with E-state index in [9.17, 15) is 0 Å². The van der Waals surface area contributed by atoms with Crippen LogP contribution in [-0.2, 0) is 6.42 Å². The van der Waals surface area contributed by atoms with Gasteiger partial charge in [0.05, 0.1) is 0 Å². The molecule has 0 aromatic carbocycles. The molecule has 2 nitrogen and oxygen atoms in total. The third kappa shape index (κ3) is 4.66. The van der Waals surface area contributed by atoms with E-state index in [4.69, 9.17) is 0 Å². The maximum atomic E-state index is 4.20. The quantitative estimate of drug-likeness (QED) is 0.756. The van der Waals surface area contributed by atoms with Gasteiger partial charge in [0, 0.05) is 23.8 Å². The molecule has 0 saturated heterocycles. The van der Waals surface area contributed by atoms with E-state index >= 15 is 0 Å². The lowest BCUT2D eigenvalue weighted by molar-refractivity contribution is 1.03. The van der Waals surface area contributed by atoms with Crippen molar-refractivity contribution in [2.45, 2.75) is 41.0 Å². The molecule has 2 heterocycles. The standard InChI is InChI=1S/2C8H11N/c1-6-4-7(2)8(3)9-5-6;1-3-8-5-4-7(2)6-9-8/h4-5H,1-3H3;4-6H,3H2,1-2H3. The highest BCUT2D eigenvalue weighted by atomic mass is 14.7. The van der Waals surface area contributed by atoms with Gasteiger partial charge in [0.1, 0.15) is 0 Å². The van der Waals surface area contributed by atoms with E-state index in [1.165, 1.54) is 22.4 Å². The number of nitrogens with zero attached hydrogens (tertiary/aromatic N) is 2. The van der Waals surface area contributed by atoms with E-state index in [2.05, 4.69) is 48.9 Å². The molecule has 0 bridgehead atoms. The Morgan fingerprint density at radius 1 is 0.889 bits per heavy atom. The largest absolute Gasteiger partial charge is 0.261 e. The molecule has 0 fully saturated rings. The SMILES string of the molecule is CCc1ccc(C)cn1.Cc1cnc(C)c(C)c1. The third-order valence-electron chi connectivity index (χ3n) is 2.81. The summed E-state index contributed by atoms with van der Waals surface area (Å²) in [5.74, 6) is 0. The van der Waals surface area contributed by atoms with E-state index in [-0.39, 0.29) is 0 Å². The van der Waals surface area contributed by atoms with Crippen LogP contribution in [-0.4, -0.2) is 9.97 Å². The highest BCUT2D eigenvalue weighted by molar-refractivity contribution is 5.21. The van der Waals surface area contributed by atoms with Crippen LogP contribution >= 0.6 is 0 Å². The van der Waals surface area contributed by atoms with Crippen LogP contribution in [0, 0.1) is 27.7 Å². The molecule has 0 aliphatic rings. The number of aromatic nitrogens is 2. The van der Waals surface area contributed by atoms with Gasteiger partial charge in [-0.15, -0.1) is 0 Å². The second kappa shape index (κ2) is 6.90. The molecular formula is C16H22N2. The number of pyridine rings is 2. The predicted molar refractivity (Wildman–Crippen MR) is 76.8 cm³/mol. The molecule has 18 heavy (non-hydrogen) atoms. The fourth-order valence-corrected chi connectivity index (χ4v) is 1.49. The van der Waals surface area contributed by atoms with Crippen molar-refractivity contribution in [3.63, 3.8) is 0 Å². The summed E-state index contributed by atoms with van der Waals surface area (Å²) in [7, 11) is 0. The van der Waals surface area contributed by atoms with Crippen molar-refractivity contribution in [2.24, 2.45) is 0 Å². The summed E-state index contributed by atoms with van der Waals surface area (Å²) in [6.07, 6.45) is 4.82. The Kier molecular flexibility index (Phi) is 5.50. The van der Waals surface area contributed by atoms with E-state index in [0.717, 1.165) is 12.1 Å². The molecule has 2 aromatic heterocycles. The van der Waals surface area contributed by atoms with Crippen LogP contribution in [0.2, 0.25) is 0 Å². The van der Waals surface area contributed by atoms with E-state index < -0.39 is 0 Å². The Morgan fingerprint density at radius 3 is 2.00 bits per heavy atom. The first-order valence-corrected chi connectivity index (χ1v) is 6.34. The van der Waals surface area contributed by atoms with Gasteiger partial charge in [-0.3, -0.25) is 9.97 Å². The zero-order chi connectivity index (χ0) is 13.5.